The minimum absolute atomic E-state index is 0.00158. The van der Waals surface area contributed by atoms with Gasteiger partial charge < -0.3 is 9.15 Å². The van der Waals surface area contributed by atoms with Crippen LogP contribution in [-0.2, 0) is 4.74 Å². The molecule has 0 N–H and O–H groups in total. The van der Waals surface area contributed by atoms with Crippen LogP contribution in [0.1, 0.15) is 49.2 Å². The van der Waals surface area contributed by atoms with Crippen molar-refractivity contribution in [2.24, 2.45) is 0 Å². The number of carbonyl (C=O) groups excluding carboxylic acids is 2. The average molecular weight is 440 g/mol. The van der Waals surface area contributed by atoms with Crippen molar-refractivity contribution in [3.8, 4) is 0 Å². The van der Waals surface area contributed by atoms with Crippen LogP contribution in [0, 0.1) is 13.8 Å². The van der Waals surface area contributed by atoms with Crippen molar-refractivity contribution in [3.05, 3.63) is 105 Å². The number of aromatic nitrogens is 1. The highest BCUT2D eigenvalue weighted by Gasteiger charge is 2.44. The summed E-state index contributed by atoms with van der Waals surface area (Å²) in [6.07, 6.45) is 1.62. The van der Waals surface area contributed by atoms with E-state index < -0.39 is 17.9 Å². The van der Waals surface area contributed by atoms with Crippen LogP contribution in [0.5, 0.6) is 0 Å². The number of rotatable bonds is 3. The van der Waals surface area contributed by atoms with Gasteiger partial charge in [-0.25, -0.2) is 9.78 Å². The number of pyridine rings is 1. The van der Waals surface area contributed by atoms with E-state index in [1.165, 1.54) is 12.0 Å². The SMILES string of the molecule is COC(=O)c1ccc(C2c3c(oc4ccc(C)cc4c3=O)C(=O)N2c2cc(C)ccn2)cc1. The summed E-state index contributed by atoms with van der Waals surface area (Å²) in [5.74, 6) is -0.498. The Morgan fingerprint density at radius 1 is 1.00 bits per heavy atom. The molecule has 33 heavy (non-hydrogen) atoms. The van der Waals surface area contributed by atoms with Gasteiger partial charge in [-0.15, -0.1) is 0 Å². The molecule has 0 saturated carbocycles. The van der Waals surface area contributed by atoms with Crippen LogP contribution in [0.25, 0.3) is 11.0 Å². The lowest BCUT2D eigenvalue weighted by Gasteiger charge is -2.24. The van der Waals surface area contributed by atoms with E-state index in [0.29, 0.717) is 27.9 Å². The number of methoxy groups -OCH3 is 1. The van der Waals surface area contributed by atoms with Gasteiger partial charge in [-0.2, -0.15) is 0 Å². The van der Waals surface area contributed by atoms with E-state index >= 15 is 0 Å². The Labute approximate surface area is 189 Å². The Balaban J connectivity index is 1.77. The molecule has 2 aromatic carbocycles. The fourth-order valence-electron chi connectivity index (χ4n) is 4.21. The Kier molecular flexibility index (Phi) is 4.82. The summed E-state index contributed by atoms with van der Waals surface area (Å²) in [4.78, 5) is 44.9. The molecule has 0 bridgehead atoms. The number of esters is 1. The molecular formula is C26H20N2O5. The molecule has 0 aliphatic carbocycles. The molecule has 1 aliphatic heterocycles. The maximum Gasteiger partial charge on any atom is 0.337 e. The van der Waals surface area contributed by atoms with E-state index in [1.54, 1.807) is 48.7 Å². The van der Waals surface area contributed by atoms with Crippen molar-refractivity contribution in [1.29, 1.82) is 0 Å². The van der Waals surface area contributed by atoms with Gasteiger partial charge in [0.15, 0.2) is 5.43 Å². The van der Waals surface area contributed by atoms with Gasteiger partial charge in [-0.3, -0.25) is 14.5 Å². The van der Waals surface area contributed by atoms with Crippen molar-refractivity contribution in [3.63, 3.8) is 0 Å². The first-order valence-corrected chi connectivity index (χ1v) is 10.4. The fraction of sp³-hybridized carbons (Fsp3) is 0.154. The Hall–Kier alpha value is -4.26. The molecule has 3 heterocycles. The molecule has 1 amide bonds. The predicted octanol–water partition coefficient (Wildman–Crippen LogP) is 4.34. The number of nitrogens with zero attached hydrogens (tertiary/aromatic N) is 2. The topological polar surface area (TPSA) is 89.7 Å². The lowest BCUT2D eigenvalue weighted by atomic mass is 9.97. The second kappa shape index (κ2) is 7.70. The first-order chi connectivity index (χ1) is 15.9. The van der Waals surface area contributed by atoms with Crippen molar-refractivity contribution in [2.75, 3.05) is 12.0 Å². The van der Waals surface area contributed by atoms with Crippen LogP contribution < -0.4 is 10.3 Å². The molecule has 1 aliphatic rings. The average Bonchev–Trinajstić information content (AvgIpc) is 3.11. The molecule has 7 heteroatoms. The summed E-state index contributed by atoms with van der Waals surface area (Å²) in [6, 6.07) is 14.8. The van der Waals surface area contributed by atoms with E-state index in [4.69, 9.17) is 9.15 Å². The molecule has 0 radical (unpaired) electrons. The Morgan fingerprint density at radius 2 is 1.73 bits per heavy atom. The Bertz CT molecular complexity index is 1490. The maximum atomic E-state index is 13.6. The van der Waals surface area contributed by atoms with Crippen LogP contribution in [0.15, 0.2) is 70.0 Å². The van der Waals surface area contributed by atoms with Crippen LogP contribution in [-0.4, -0.2) is 24.0 Å². The molecule has 2 aromatic heterocycles. The van der Waals surface area contributed by atoms with Gasteiger partial charge in [0, 0.05) is 6.20 Å². The second-order valence-corrected chi connectivity index (χ2v) is 8.06. The van der Waals surface area contributed by atoms with Gasteiger partial charge in [0.05, 0.1) is 29.7 Å². The summed E-state index contributed by atoms with van der Waals surface area (Å²) < 4.78 is 10.8. The van der Waals surface area contributed by atoms with E-state index in [1.807, 2.05) is 26.0 Å². The summed E-state index contributed by atoms with van der Waals surface area (Å²) >= 11 is 0. The number of hydrogen-bond donors (Lipinski definition) is 0. The van der Waals surface area contributed by atoms with E-state index in [2.05, 4.69) is 4.98 Å². The highest BCUT2D eigenvalue weighted by atomic mass is 16.5. The quantitative estimate of drug-likeness (QED) is 0.440. The number of fused-ring (bicyclic) bond motifs is 2. The van der Waals surface area contributed by atoms with E-state index in [-0.39, 0.29) is 16.8 Å². The molecule has 0 saturated heterocycles. The molecule has 4 aromatic rings. The largest absolute Gasteiger partial charge is 0.465 e. The number of benzene rings is 2. The molecule has 164 valence electrons. The summed E-state index contributed by atoms with van der Waals surface area (Å²) in [5, 5.41) is 0.414. The first-order valence-electron chi connectivity index (χ1n) is 10.4. The second-order valence-electron chi connectivity index (χ2n) is 8.06. The summed E-state index contributed by atoms with van der Waals surface area (Å²) in [7, 11) is 1.31. The third-order valence-corrected chi connectivity index (χ3v) is 5.82. The van der Waals surface area contributed by atoms with Gasteiger partial charge in [-0.1, -0.05) is 23.8 Å². The van der Waals surface area contributed by atoms with Gasteiger partial charge in [0.1, 0.15) is 11.4 Å². The smallest absolute Gasteiger partial charge is 0.337 e. The molecule has 5 rings (SSSR count). The van der Waals surface area contributed by atoms with Gasteiger partial charge >= 0.3 is 5.97 Å². The molecule has 1 unspecified atom stereocenters. The minimum Gasteiger partial charge on any atom is -0.465 e. The van der Waals surface area contributed by atoms with Crippen LogP contribution in [0.3, 0.4) is 0 Å². The predicted molar refractivity (Wildman–Crippen MR) is 123 cm³/mol. The molecule has 0 spiro atoms. The first kappa shape index (κ1) is 20.6. The molecule has 0 fully saturated rings. The number of aryl methyl sites for hydroxylation is 2. The standard InChI is InChI=1S/C26H20N2O5/c1-14-4-9-19-18(12-14)23(29)21-22(16-5-7-17(8-6-16)26(31)32-3)28(25(30)24(21)33-19)20-13-15(2)10-11-27-20/h4-13,22H,1-3H3. The van der Waals surface area contributed by atoms with Crippen LogP contribution >= 0.6 is 0 Å². The number of hydrogen-bond acceptors (Lipinski definition) is 6. The maximum absolute atomic E-state index is 13.6. The third kappa shape index (κ3) is 3.29. The number of ether oxygens (including phenoxy) is 1. The molecule has 7 nitrogen and oxygen atoms in total. The lowest BCUT2D eigenvalue weighted by molar-refractivity contribution is 0.0600. The highest BCUT2D eigenvalue weighted by Crippen LogP contribution is 2.40. The Morgan fingerprint density at radius 3 is 2.42 bits per heavy atom. The molecule has 1 atom stereocenters. The number of anilines is 1. The number of amides is 1. The van der Waals surface area contributed by atoms with Crippen LogP contribution in [0.4, 0.5) is 5.82 Å². The van der Waals surface area contributed by atoms with Crippen molar-refractivity contribution >= 4 is 28.7 Å². The fourth-order valence-corrected chi connectivity index (χ4v) is 4.21. The number of carbonyl (C=O) groups is 2. The zero-order valence-corrected chi connectivity index (χ0v) is 18.3. The molecular weight excluding hydrogens is 420 g/mol. The summed E-state index contributed by atoms with van der Waals surface area (Å²) in [5.41, 5.74) is 3.20. The zero-order chi connectivity index (χ0) is 23.3. The minimum atomic E-state index is -0.755. The van der Waals surface area contributed by atoms with Crippen LogP contribution in [0.2, 0.25) is 0 Å². The zero-order valence-electron chi connectivity index (χ0n) is 18.3. The summed E-state index contributed by atoms with van der Waals surface area (Å²) in [6.45, 7) is 3.79. The van der Waals surface area contributed by atoms with E-state index in [0.717, 1.165) is 11.1 Å². The van der Waals surface area contributed by atoms with Crippen molar-refractivity contribution < 1.29 is 18.7 Å². The van der Waals surface area contributed by atoms with Crippen molar-refractivity contribution in [2.45, 2.75) is 19.9 Å². The van der Waals surface area contributed by atoms with Gasteiger partial charge in [0.2, 0.25) is 5.76 Å². The highest BCUT2D eigenvalue weighted by molar-refractivity contribution is 6.10. The normalized spacial score (nSPS) is 15.1. The van der Waals surface area contributed by atoms with E-state index in [9.17, 15) is 14.4 Å². The lowest BCUT2D eigenvalue weighted by Crippen LogP contribution is -2.30. The third-order valence-electron chi connectivity index (χ3n) is 5.82. The van der Waals surface area contributed by atoms with Gasteiger partial charge in [-0.05, 0) is 61.4 Å². The monoisotopic (exact) mass is 440 g/mol. The van der Waals surface area contributed by atoms with Crippen molar-refractivity contribution in [1.82, 2.24) is 4.98 Å². The van der Waals surface area contributed by atoms with Gasteiger partial charge in [0.25, 0.3) is 5.91 Å².